The maximum atomic E-state index is 8.83. The van der Waals surface area contributed by atoms with E-state index in [1.54, 1.807) is 6.08 Å². The Bertz CT molecular complexity index is 109. The fourth-order valence-corrected chi connectivity index (χ4v) is 0.906. The van der Waals surface area contributed by atoms with E-state index >= 15 is 0 Å². The third-order valence-corrected chi connectivity index (χ3v) is 1.63. The summed E-state index contributed by atoms with van der Waals surface area (Å²) < 4.78 is 0. The van der Waals surface area contributed by atoms with E-state index in [0.29, 0.717) is 0 Å². The van der Waals surface area contributed by atoms with Gasteiger partial charge < -0.3 is 5.11 Å². The first-order valence-corrected chi connectivity index (χ1v) is 3.46. The zero-order chi connectivity index (χ0) is 7.28. The van der Waals surface area contributed by atoms with Crippen LogP contribution in [0.2, 0.25) is 0 Å². The van der Waals surface area contributed by atoms with E-state index in [1.807, 2.05) is 6.92 Å². The van der Waals surface area contributed by atoms with Crippen LogP contribution in [0, 0.1) is 5.92 Å². The average Bonchev–Trinajstić information content (AvgIpc) is 1.82. The van der Waals surface area contributed by atoms with Crippen molar-refractivity contribution in [3.8, 4) is 0 Å². The summed E-state index contributed by atoms with van der Waals surface area (Å²) in [5, 5.41) is 8.94. The molecule has 0 aromatic rings. The molecule has 1 unspecified atom stereocenters. The molecule has 0 saturated heterocycles. The summed E-state index contributed by atoms with van der Waals surface area (Å²) >= 11 is 4.59. The summed E-state index contributed by atoms with van der Waals surface area (Å²) in [5.41, 5.74) is 0. The van der Waals surface area contributed by atoms with Crippen molar-refractivity contribution in [1.82, 2.24) is 0 Å². The first-order valence-electron chi connectivity index (χ1n) is 3.06. The molecule has 0 rings (SSSR count). The van der Waals surface area contributed by atoms with Crippen molar-refractivity contribution in [1.29, 1.82) is 0 Å². The standard InChI is InChI=1S/C7H12OS/c1-3-5-6(4-2)7(8)9/h3,6H,1,4-5H2,2H3,(H,8,9). The average molecular weight is 144 g/mol. The zero-order valence-electron chi connectivity index (χ0n) is 5.63. The van der Waals surface area contributed by atoms with Gasteiger partial charge in [-0.15, -0.1) is 6.58 Å². The molecule has 0 spiro atoms. The van der Waals surface area contributed by atoms with Gasteiger partial charge in [-0.2, -0.15) is 0 Å². The van der Waals surface area contributed by atoms with E-state index < -0.39 is 0 Å². The van der Waals surface area contributed by atoms with Gasteiger partial charge in [0.2, 0.25) is 0 Å². The Morgan fingerprint density at radius 3 is 2.56 bits per heavy atom. The van der Waals surface area contributed by atoms with Crippen molar-refractivity contribution in [3.05, 3.63) is 12.7 Å². The van der Waals surface area contributed by atoms with E-state index in [-0.39, 0.29) is 11.0 Å². The summed E-state index contributed by atoms with van der Waals surface area (Å²) in [6.45, 7) is 5.56. The molecule has 1 N–H and O–H groups in total. The van der Waals surface area contributed by atoms with E-state index in [1.165, 1.54) is 0 Å². The number of rotatable bonds is 4. The molecule has 0 amide bonds. The van der Waals surface area contributed by atoms with Crippen molar-refractivity contribution in [2.24, 2.45) is 5.92 Å². The SMILES string of the molecule is C=CCC(CC)C(O)=S. The van der Waals surface area contributed by atoms with Crippen LogP contribution < -0.4 is 0 Å². The first-order chi connectivity index (χ1) is 4.22. The molecule has 1 atom stereocenters. The highest BCUT2D eigenvalue weighted by Crippen LogP contribution is 2.09. The van der Waals surface area contributed by atoms with Gasteiger partial charge in [0, 0.05) is 5.92 Å². The molecule has 0 aromatic carbocycles. The lowest BCUT2D eigenvalue weighted by Crippen LogP contribution is -2.08. The van der Waals surface area contributed by atoms with Crippen molar-refractivity contribution >= 4 is 17.3 Å². The quantitative estimate of drug-likeness (QED) is 0.483. The molecule has 0 heterocycles. The van der Waals surface area contributed by atoms with Gasteiger partial charge in [0.05, 0.1) is 0 Å². The lowest BCUT2D eigenvalue weighted by Gasteiger charge is -2.06. The van der Waals surface area contributed by atoms with Crippen molar-refractivity contribution in [2.75, 3.05) is 0 Å². The van der Waals surface area contributed by atoms with Crippen LogP contribution in [-0.2, 0) is 0 Å². The monoisotopic (exact) mass is 144 g/mol. The molecule has 2 heteroatoms. The number of aliphatic hydroxyl groups excluding tert-OH is 1. The Morgan fingerprint density at radius 2 is 2.44 bits per heavy atom. The largest absolute Gasteiger partial charge is 0.502 e. The van der Waals surface area contributed by atoms with Crippen LogP contribution >= 0.6 is 12.2 Å². The van der Waals surface area contributed by atoms with Crippen LogP contribution in [0.15, 0.2) is 12.7 Å². The van der Waals surface area contributed by atoms with Gasteiger partial charge in [-0.3, -0.25) is 0 Å². The topological polar surface area (TPSA) is 20.2 Å². The molecular weight excluding hydrogens is 132 g/mol. The number of hydrogen-bond donors (Lipinski definition) is 1. The van der Waals surface area contributed by atoms with Gasteiger partial charge >= 0.3 is 0 Å². The fraction of sp³-hybridized carbons (Fsp3) is 0.571. The Hall–Kier alpha value is -0.370. The minimum atomic E-state index is 0.109. The van der Waals surface area contributed by atoms with Crippen molar-refractivity contribution in [3.63, 3.8) is 0 Å². The number of aliphatic hydroxyl groups is 1. The van der Waals surface area contributed by atoms with Gasteiger partial charge in [-0.1, -0.05) is 13.0 Å². The molecule has 52 valence electrons. The Labute approximate surface area is 61.4 Å². The maximum absolute atomic E-state index is 8.83. The Balaban J connectivity index is 3.67. The van der Waals surface area contributed by atoms with Crippen LogP contribution in [0.5, 0.6) is 0 Å². The molecule has 1 nitrogen and oxygen atoms in total. The molecule has 0 radical (unpaired) electrons. The second kappa shape index (κ2) is 4.50. The molecule has 0 aliphatic carbocycles. The Kier molecular flexibility index (Phi) is 4.32. The predicted molar refractivity (Wildman–Crippen MR) is 43.8 cm³/mol. The molecular formula is C7H12OS. The van der Waals surface area contributed by atoms with Crippen molar-refractivity contribution in [2.45, 2.75) is 19.8 Å². The summed E-state index contributed by atoms with van der Waals surface area (Å²) in [6.07, 6.45) is 3.45. The first kappa shape index (κ1) is 8.63. The lowest BCUT2D eigenvalue weighted by atomic mass is 10.0. The third kappa shape index (κ3) is 3.25. The Morgan fingerprint density at radius 1 is 1.89 bits per heavy atom. The number of thiocarbonyl (C=S) groups is 1. The maximum Gasteiger partial charge on any atom is 0.159 e. The van der Waals surface area contributed by atoms with Crippen LogP contribution in [0.4, 0.5) is 0 Å². The number of hydrogen-bond acceptors (Lipinski definition) is 1. The van der Waals surface area contributed by atoms with E-state index in [9.17, 15) is 0 Å². The van der Waals surface area contributed by atoms with Gasteiger partial charge in [-0.05, 0) is 25.1 Å². The molecule has 0 aromatic heterocycles. The number of allylic oxidation sites excluding steroid dienone is 1. The summed E-state index contributed by atoms with van der Waals surface area (Å²) in [6, 6.07) is 0. The van der Waals surface area contributed by atoms with E-state index in [2.05, 4.69) is 18.8 Å². The lowest BCUT2D eigenvalue weighted by molar-refractivity contribution is 0.489. The smallest absolute Gasteiger partial charge is 0.159 e. The van der Waals surface area contributed by atoms with Crippen LogP contribution in [-0.4, -0.2) is 10.2 Å². The van der Waals surface area contributed by atoms with Crippen LogP contribution in [0.25, 0.3) is 0 Å². The highest BCUT2D eigenvalue weighted by atomic mass is 32.1. The molecule has 0 aliphatic heterocycles. The highest BCUT2D eigenvalue weighted by molar-refractivity contribution is 7.80. The summed E-state index contributed by atoms with van der Waals surface area (Å²) in [4.78, 5) is 0. The summed E-state index contributed by atoms with van der Waals surface area (Å²) in [7, 11) is 0. The van der Waals surface area contributed by atoms with Gasteiger partial charge in [-0.25, -0.2) is 0 Å². The van der Waals surface area contributed by atoms with Gasteiger partial charge in [0.15, 0.2) is 5.05 Å². The van der Waals surface area contributed by atoms with E-state index in [4.69, 9.17) is 5.11 Å². The molecule has 0 bridgehead atoms. The minimum Gasteiger partial charge on any atom is -0.502 e. The van der Waals surface area contributed by atoms with Crippen LogP contribution in [0.3, 0.4) is 0 Å². The molecule has 0 fully saturated rings. The van der Waals surface area contributed by atoms with Crippen LogP contribution in [0.1, 0.15) is 19.8 Å². The van der Waals surface area contributed by atoms with Gasteiger partial charge in [0.1, 0.15) is 0 Å². The normalized spacial score (nSPS) is 12.6. The van der Waals surface area contributed by atoms with Gasteiger partial charge in [0.25, 0.3) is 0 Å². The minimum absolute atomic E-state index is 0.109. The summed E-state index contributed by atoms with van der Waals surface area (Å²) in [5.74, 6) is 0.137. The molecule has 9 heavy (non-hydrogen) atoms. The van der Waals surface area contributed by atoms with E-state index in [0.717, 1.165) is 12.8 Å². The van der Waals surface area contributed by atoms with Crippen molar-refractivity contribution < 1.29 is 5.11 Å². The molecule has 0 aliphatic rings. The zero-order valence-corrected chi connectivity index (χ0v) is 6.45. The fourth-order valence-electron chi connectivity index (χ4n) is 0.643. The second-order valence-corrected chi connectivity index (χ2v) is 2.39. The molecule has 0 saturated carbocycles. The predicted octanol–water partition coefficient (Wildman–Crippen LogP) is 2.47. The highest BCUT2D eigenvalue weighted by Gasteiger charge is 2.07. The third-order valence-electron chi connectivity index (χ3n) is 1.29. The second-order valence-electron chi connectivity index (χ2n) is 1.97.